The third-order valence-corrected chi connectivity index (χ3v) is 4.95. The minimum absolute atomic E-state index is 0.0407. The summed E-state index contributed by atoms with van der Waals surface area (Å²) in [5.74, 6) is -0.824. The maximum atomic E-state index is 11.1. The van der Waals surface area contributed by atoms with Gasteiger partial charge >= 0.3 is 5.97 Å². The van der Waals surface area contributed by atoms with Crippen LogP contribution in [0.15, 0.2) is 40.2 Å². The van der Waals surface area contributed by atoms with Crippen LogP contribution >= 0.6 is 38.9 Å². The zero-order valence-corrected chi connectivity index (χ0v) is 14.5. The molecule has 2 aromatic rings. The number of hydrogen-bond acceptors (Lipinski definition) is 3. The van der Waals surface area contributed by atoms with E-state index in [0.29, 0.717) is 5.02 Å². The Hall–Kier alpha value is -0.880. The first-order valence-electron chi connectivity index (χ1n) is 6.43. The molecule has 0 bridgehead atoms. The third-order valence-electron chi connectivity index (χ3n) is 3.15. The highest BCUT2D eigenvalue weighted by Crippen LogP contribution is 2.30. The van der Waals surface area contributed by atoms with Crippen molar-refractivity contribution in [3.05, 3.63) is 55.6 Å². The highest BCUT2D eigenvalue weighted by molar-refractivity contribution is 9.10. The topological polar surface area (TPSA) is 49.3 Å². The molecule has 1 aromatic carbocycles. The van der Waals surface area contributed by atoms with Gasteiger partial charge in [0.1, 0.15) is 0 Å². The molecule has 1 aromatic heterocycles. The van der Waals surface area contributed by atoms with Gasteiger partial charge in [0.25, 0.3) is 0 Å². The van der Waals surface area contributed by atoms with E-state index in [-0.39, 0.29) is 18.5 Å². The summed E-state index contributed by atoms with van der Waals surface area (Å²) in [5.41, 5.74) is 0.951. The predicted octanol–water partition coefficient (Wildman–Crippen LogP) is 5.03. The maximum absolute atomic E-state index is 11.1. The number of halogens is 2. The molecule has 1 heterocycles. The van der Waals surface area contributed by atoms with Crippen molar-refractivity contribution in [2.45, 2.75) is 25.4 Å². The predicted molar refractivity (Wildman–Crippen MR) is 90.0 cm³/mol. The summed E-state index contributed by atoms with van der Waals surface area (Å²) in [6.45, 7) is 1.98. The summed E-state index contributed by atoms with van der Waals surface area (Å²) in [4.78, 5) is 12.1. The zero-order chi connectivity index (χ0) is 15.4. The van der Waals surface area contributed by atoms with E-state index >= 15 is 0 Å². The lowest BCUT2D eigenvalue weighted by Crippen LogP contribution is -2.26. The van der Waals surface area contributed by atoms with E-state index in [9.17, 15) is 4.79 Å². The van der Waals surface area contributed by atoms with Gasteiger partial charge in [-0.2, -0.15) is 0 Å². The average molecular weight is 389 g/mol. The molecule has 2 unspecified atom stereocenters. The molecule has 21 heavy (non-hydrogen) atoms. The monoisotopic (exact) mass is 387 g/mol. The van der Waals surface area contributed by atoms with Crippen LogP contribution in [0.1, 0.15) is 35.9 Å². The smallest absolute Gasteiger partial charge is 0.305 e. The molecule has 0 radical (unpaired) electrons. The number of rotatable bonds is 6. The highest BCUT2D eigenvalue weighted by atomic mass is 79.9. The Balaban J connectivity index is 2.17. The van der Waals surface area contributed by atoms with Gasteiger partial charge < -0.3 is 10.4 Å². The first kappa shape index (κ1) is 16.5. The number of benzene rings is 1. The Morgan fingerprint density at radius 1 is 1.48 bits per heavy atom. The molecule has 112 valence electrons. The van der Waals surface area contributed by atoms with Crippen molar-refractivity contribution in [3.63, 3.8) is 0 Å². The van der Waals surface area contributed by atoms with Gasteiger partial charge in [-0.25, -0.2) is 0 Å². The molecule has 0 amide bonds. The molecule has 6 heteroatoms. The molecule has 0 aliphatic rings. The third kappa shape index (κ3) is 4.54. The van der Waals surface area contributed by atoms with Crippen LogP contribution in [-0.4, -0.2) is 11.1 Å². The number of nitrogens with one attached hydrogen (secondary N) is 1. The number of aliphatic carboxylic acids is 1. The number of hydrogen-bond donors (Lipinski definition) is 2. The molecule has 2 N–H and O–H groups in total. The molecule has 2 atom stereocenters. The lowest BCUT2D eigenvalue weighted by Gasteiger charge is -2.22. The lowest BCUT2D eigenvalue weighted by atomic mass is 10.1. The second-order valence-electron chi connectivity index (χ2n) is 4.72. The Bertz CT molecular complexity index is 618. The van der Waals surface area contributed by atoms with Crippen molar-refractivity contribution < 1.29 is 9.90 Å². The normalized spacial score (nSPS) is 13.9. The molecule has 0 saturated heterocycles. The van der Waals surface area contributed by atoms with Crippen LogP contribution in [0.25, 0.3) is 0 Å². The number of thiophene rings is 1. The Morgan fingerprint density at radius 3 is 2.81 bits per heavy atom. The van der Waals surface area contributed by atoms with Crippen LogP contribution in [0.5, 0.6) is 0 Å². The average Bonchev–Trinajstić information content (AvgIpc) is 2.90. The Kier molecular flexibility index (Phi) is 5.81. The van der Waals surface area contributed by atoms with E-state index in [1.54, 1.807) is 11.3 Å². The fourth-order valence-corrected chi connectivity index (χ4v) is 3.77. The Labute approximate surface area is 141 Å². The molecular formula is C15H15BrClNO2S. The quantitative estimate of drug-likeness (QED) is 0.729. The molecule has 0 spiro atoms. The maximum Gasteiger partial charge on any atom is 0.305 e. The molecule has 0 fully saturated rings. The van der Waals surface area contributed by atoms with Gasteiger partial charge in [0.2, 0.25) is 0 Å². The summed E-state index contributed by atoms with van der Waals surface area (Å²) in [5, 5.41) is 15.1. The molecule has 0 aliphatic heterocycles. The van der Waals surface area contributed by atoms with Crippen molar-refractivity contribution in [1.82, 2.24) is 5.32 Å². The van der Waals surface area contributed by atoms with Crippen molar-refractivity contribution in [3.8, 4) is 0 Å². The van der Waals surface area contributed by atoms with E-state index in [2.05, 4.69) is 21.2 Å². The van der Waals surface area contributed by atoms with E-state index in [1.165, 1.54) is 0 Å². The summed E-state index contributed by atoms with van der Waals surface area (Å²) in [6, 6.07) is 9.31. The van der Waals surface area contributed by atoms with Crippen molar-refractivity contribution in [1.29, 1.82) is 0 Å². The molecular weight excluding hydrogens is 374 g/mol. The zero-order valence-electron chi connectivity index (χ0n) is 11.3. The SMILES string of the molecule is CC(NC(CC(=O)O)c1cccs1)c1ccc(Br)cc1Cl. The number of carbonyl (C=O) groups is 1. The summed E-state index contributed by atoms with van der Waals surface area (Å²) >= 11 is 11.2. The van der Waals surface area contributed by atoms with E-state index in [4.69, 9.17) is 16.7 Å². The second-order valence-corrected chi connectivity index (χ2v) is 7.02. The largest absolute Gasteiger partial charge is 0.481 e. The molecule has 2 rings (SSSR count). The van der Waals surface area contributed by atoms with Gasteiger partial charge in [0.15, 0.2) is 0 Å². The summed E-state index contributed by atoms with van der Waals surface area (Å²) in [7, 11) is 0. The molecule has 3 nitrogen and oxygen atoms in total. The van der Waals surface area contributed by atoms with Crippen molar-refractivity contribution in [2.75, 3.05) is 0 Å². The van der Waals surface area contributed by atoms with Gasteiger partial charge in [0.05, 0.1) is 12.5 Å². The van der Waals surface area contributed by atoms with Gasteiger partial charge in [-0.1, -0.05) is 39.7 Å². The van der Waals surface area contributed by atoms with Gasteiger partial charge in [-0.05, 0) is 36.1 Å². The van der Waals surface area contributed by atoms with Crippen LogP contribution in [0.4, 0.5) is 0 Å². The highest BCUT2D eigenvalue weighted by Gasteiger charge is 2.20. The summed E-state index contributed by atoms with van der Waals surface area (Å²) < 4.78 is 0.920. The van der Waals surface area contributed by atoms with Gasteiger partial charge in [0, 0.05) is 20.4 Å². The lowest BCUT2D eigenvalue weighted by molar-refractivity contribution is -0.137. The fraction of sp³-hybridized carbons (Fsp3) is 0.267. The van der Waals surface area contributed by atoms with Gasteiger partial charge in [-0.15, -0.1) is 11.3 Å². The van der Waals surface area contributed by atoms with E-state index in [1.807, 2.05) is 42.6 Å². The summed E-state index contributed by atoms with van der Waals surface area (Å²) in [6.07, 6.45) is 0.0407. The minimum atomic E-state index is -0.824. The minimum Gasteiger partial charge on any atom is -0.481 e. The van der Waals surface area contributed by atoms with Crippen LogP contribution in [0, 0.1) is 0 Å². The second kappa shape index (κ2) is 7.40. The molecule has 0 aliphatic carbocycles. The van der Waals surface area contributed by atoms with Crippen LogP contribution in [0.2, 0.25) is 5.02 Å². The van der Waals surface area contributed by atoms with Gasteiger partial charge in [-0.3, -0.25) is 4.79 Å². The van der Waals surface area contributed by atoms with Crippen molar-refractivity contribution >= 4 is 44.8 Å². The number of carboxylic acids is 1. The van der Waals surface area contributed by atoms with E-state index < -0.39 is 5.97 Å². The number of carboxylic acid groups (broad SMARTS) is 1. The fourth-order valence-electron chi connectivity index (χ4n) is 2.15. The van der Waals surface area contributed by atoms with Crippen LogP contribution in [0.3, 0.4) is 0 Å². The van der Waals surface area contributed by atoms with Crippen LogP contribution < -0.4 is 5.32 Å². The first-order chi connectivity index (χ1) is 9.97. The Morgan fingerprint density at radius 2 is 2.24 bits per heavy atom. The molecule has 0 saturated carbocycles. The van der Waals surface area contributed by atoms with Crippen molar-refractivity contribution in [2.24, 2.45) is 0 Å². The van der Waals surface area contributed by atoms with E-state index in [0.717, 1.165) is 14.9 Å². The standard InChI is InChI=1S/C15H15BrClNO2S/c1-9(11-5-4-10(16)7-12(11)17)18-13(8-15(19)20)14-3-2-6-21-14/h2-7,9,13,18H,8H2,1H3,(H,19,20). The van der Waals surface area contributed by atoms with Crippen LogP contribution in [-0.2, 0) is 4.79 Å². The first-order valence-corrected chi connectivity index (χ1v) is 8.48.